The van der Waals surface area contributed by atoms with E-state index in [9.17, 15) is 4.79 Å². The maximum Gasteiger partial charge on any atom is 0.255 e. The molecule has 146 valence electrons. The summed E-state index contributed by atoms with van der Waals surface area (Å²) in [6.45, 7) is 4.81. The maximum atomic E-state index is 12.6. The third-order valence-electron chi connectivity index (χ3n) is 4.26. The Bertz CT molecular complexity index is 962. The van der Waals surface area contributed by atoms with Crippen molar-refractivity contribution in [3.8, 4) is 5.75 Å². The molecule has 0 spiro atoms. The Labute approximate surface area is 170 Å². The summed E-state index contributed by atoms with van der Waals surface area (Å²) in [5.74, 6) is 0.634. The van der Waals surface area contributed by atoms with Gasteiger partial charge in [-0.3, -0.25) is 4.79 Å². The van der Waals surface area contributed by atoms with E-state index in [2.05, 4.69) is 29.4 Å². The summed E-state index contributed by atoms with van der Waals surface area (Å²) in [5.41, 5.74) is 2.28. The molecule has 0 saturated carbocycles. The van der Waals surface area contributed by atoms with Gasteiger partial charge in [-0.25, -0.2) is 4.98 Å². The number of ether oxygens (including phenoxy) is 1. The van der Waals surface area contributed by atoms with Gasteiger partial charge in [0.1, 0.15) is 5.75 Å². The van der Waals surface area contributed by atoms with Crippen LogP contribution < -0.4 is 10.1 Å². The largest absolute Gasteiger partial charge is 0.494 e. The van der Waals surface area contributed by atoms with E-state index in [0.717, 1.165) is 45.9 Å². The second-order valence-corrected chi connectivity index (χ2v) is 7.88. The summed E-state index contributed by atoms with van der Waals surface area (Å²) in [6.07, 6.45) is 8.76. The summed E-state index contributed by atoms with van der Waals surface area (Å²) in [6, 6.07) is 13.1. The summed E-state index contributed by atoms with van der Waals surface area (Å²) in [4.78, 5) is 17.0. The second kappa shape index (κ2) is 10.0. The van der Waals surface area contributed by atoms with Gasteiger partial charge in [0.25, 0.3) is 5.91 Å². The molecule has 2 aromatic carbocycles. The lowest BCUT2D eigenvalue weighted by atomic mass is 10.2. The lowest BCUT2D eigenvalue weighted by Gasteiger charge is -2.09. The van der Waals surface area contributed by atoms with Crippen molar-refractivity contribution in [2.45, 2.75) is 39.5 Å². The fraction of sp³-hybridized carbons (Fsp3) is 0.304. The first-order valence-corrected chi connectivity index (χ1v) is 10.5. The lowest BCUT2D eigenvalue weighted by molar-refractivity contribution is 0.102. The van der Waals surface area contributed by atoms with Crippen molar-refractivity contribution in [3.05, 3.63) is 65.2 Å². The minimum atomic E-state index is -0.133. The van der Waals surface area contributed by atoms with Gasteiger partial charge in [0, 0.05) is 17.3 Å². The molecular formula is C23H26N2O2S. The van der Waals surface area contributed by atoms with Crippen LogP contribution in [0.4, 0.5) is 5.69 Å². The molecule has 1 heterocycles. The molecule has 1 amide bonds. The third kappa shape index (κ3) is 5.67. The van der Waals surface area contributed by atoms with E-state index in [0.29, 0.717) is 12.2 Å². The van der Waals surface area contributed by atoms with Gasteiger partial charge >= 0.3 is 0 Å². The van der Waals surface area contributed by atoms with Crippen molar-refractivity contribution in [3.63, 3.8) is 0 Å². The SMILES string of the molecule is CCCC=CCCCOc1cccc(NC(=O)c2ccc3nc(C)sc3c2)c1. The Kier molecular flexibility index (Phi) is 7.20. The predicted molar refractivity (Wildman–Crippen MR) is 118 cm³/mol. The van der Waals surface area contributed by atoms with Crippen LogP contribution in [0.2, 0.25) is 0 Å². The van der Waals surface area contributed by atoms with E-state index in [4.69, 9.17) is 4.74 Å². The van der Waals surface area contributed by atoms with Gasteiger partial charge in [0.2, 0.25) is 0 Å². The molecule has 0 aliphatic heterocycles. The molecule has 0 bridgehead atoms. The average molecular weight is 395 g/mol. The number of nitrogens with zero attached hydrogens (tertiary/aromatic N) is 1. The van der Waals surface area contributed by atoms with Crippen LogP contribution in [-0.4, -0.2) is 17.5 Å². The van der Waals surface area contributed by atoms with Gasteiger partial charge in [-0.15, -0.1) is 11.3 Å². The normalized spacial score (nSPS) is 11.2. The number of thiazole rings is 1. The molecular weight excluding hydrogens is 368 g/mol. The van der Waals surface area contributed by atoms with Gasteiger partial charge < -0.3 is 10.1 Å². The molecule has 0 aliphatic carbocycles. The molecule has 1 aromatic heterocycles. The van der Waals surface area contributed by atoms with Crippen LogP contribution in [0.15, 0.2) is 54.6 Å². The van der Waals surface area contributed by atoms with Crippen molar-refractivity contribution in [1.29, 1.82) is 0 Å². The number of carbonyl (C=O) groups excluding carboxylic acids is 1. The Morgan fingerprint density at radius 3 is 2.89 bits per heavy atom. The van der Waals surface area contributed by atoms with Gasteiger partial charge in [-0.1, -0.05) is 31.6 Å². The molecule has 0 fully saturated rings. The van der Waals surface area contributed by atoms with E-state index >= 15 is 0 Å². The van der Waals surface area contributed by atoms with Crippen molar-refractivity contribution in [2.75, 3.05) is 11.9 Å². The Hall–Kier alpha value is -2.66. The molecule has 4 nitrogen and oxygen atoms in total. The number of benzene rings is 2. The van der Waals surface area contributed by atoms with E-state index in [1.807, 2.05) is 49.4 Å². The summed E-state index contributed by atoms with van der Waals surface area (Å²) < 4.78 is 6.83. The molecule has 0 atom stereocenters. The number of hydrogen-bond donors (Lipinski definition) is 1. The summed E-state index contributed by atoms with van der Waals surface area (Å²) in [7, 11) is 0. The highest BCUT2D eigenvalue weighted by Gasteiger charge is 2.09. The van der Waals surface area contributed by atoms with Gasteiger partial charge in [0.05, 0.1) is 21.8 Å². The number of allylic oxidation sites excluding steroid dienone is 2. The highest BCUT2D eigenvalue weighted by atomic mass is 32.1. The van der Waals surface area contributed by atoms with Crippen LogP contribution in [-0.2, 0) is 0 Å². The number of unbranched alkanes of at least 4 members (excludes halogenated alkanes) is 2. The first-order valence-electron chi connectivity index (χ1n) is 9.72. The summed E-state index contributed by atoms with van der Waals surface area (Å²) >= 11 is 1.59. The Morgan fingerprint density at radius 2 is 2.04 bits per heavy atom. The van der Waals surface area contributed by atoms with Crippen molar-refractivity contribution >= 4 is 33.1 Å². The molecule has 0 aliphatic rings. The number of anilines is 1. The zero-order valence-electron chi connectivity index (χ0n) is 16.4. The number of hydrogen-bond acceptors (Lipinski definition) is 4. The van der Waals surface area contributed by atoms with E-state index in [1.165, 1.54) is 6.42 Å². The minimum absolute atomic E-state index is 0.133. The quantitative estimate of drug-likeness (QED) is 0.339. The van der Waals surface area contributed by atoms with Crippen molar-refractivity contribution in [1.82, 2.24) is 4.98 Å². The number of nitrogens with one attached hydrogen (secondary N) is 1. The summed E-state index contributed by atoms with van der Waals surface area (Å²) in [5, 5.41) is 3.95. The topological polar surface area (TPSA) is 51.2 Å². The van der Waals surface area contributed by atoms with Crippen molar-refractivity contribution in [2.24, 2.45) is 0 Å². The van der Waals surface area contributed by atoms with Gasteiger partial charge in [-0.05, 0) is 56.5 Å². The highest BCUT2D eigenvalue weighted by Crippen LogP contribution is 2.24. The molecule has 0 saturated heterocycles. The van der Waals surface area contributed by atoms with E-state index in [-0.39, 0.29) is 5.91 Å². The predicted octanol–water partition coefficient (Wildman–Crippen LogP) is 6.37. The smallest absolute Gasteiger partial charge is 0.255 e. The second-order valence-electron chi connectivity index (χ2n) is 6.65. The molecule has 3 rings (SSSR count). The number of aromatic nitrogens is 1. The molecule has 0 radical (unpaired) electrons. The molecule has 0 unspecified atom stereocenters. The first-order chi connectivity index (χ1) is 13.7. The fourth-order valence-corrected chi connectivity index (χ4v) is 3.71. The number of rotatable bonds is 9. The van der Waals surface area contributed by atoms with Gasteiger partial charge in [0.15, 0.2) is 0 Å². The number of aryl methyl sites for hydroxylation is 1. The Balaban J connectivity index is 1.55. The van der Waals surface area contributed by atoms with Crippen molar-refractivity contribution < 1.29 is 9.53 Å². The molecule has 28 heavy (non-hydrogen) atoms. The lowest BCUT2D eigenvalue weighted by Crippen LogP contribution is -2.11. The average Bonchev–Trinajstić information content (AvgIpc) is 3.06. The maximum absolute atomic E-state index is 12.6. The standard InChI is InChI=1S/C23H26N2O2S/c1-3-4-5-6-7-8-14-27-20-11-9-10-19(16-20)25-23(26)18-12-13-21-22(15-18)28-17(2)24-21/h5-6,9-13,15-16H,3-4,7-8,14H2,1-2H3,(H,25,26). The van der Waals surface area contributed by atoms with Crippen LogP contribution in [0.5, 0.6) is 5.75 Å². The molecule has 3 aromatic rings. The highest BCUT2D eigenvalue weighted by molar-refractivity contribution is 7.18. The zero-order valence-corrected chi connectivity index (χ0v) is 17.2. The molecule has 5 heteroatoms. The molecule has 1 N–H and O–H groups in total. The number of amides is 1. The van der Waals surface area contributed by atoms with Gasteiger partial charge in [-0.2, -0.15) is 0 Å². The number of fused-ring (bicyclic) bond motifs is 1. The van der Waals surface area contributed by atoms with Crippen LogP contribution in [0, 0.1) is 6.92 Å². The first kappa shape index (κ1) is 20.1. The van der Waals surface area contributed by atoms with E-state index < -0.39 is 0 Å². The van der Waals surface area contributed by atoms with Crippen LogP contribution in [0.25, 0.3) is 10.2 Å². The monoisotopic (exact) mass is 394 g/mol. The Morgan fingerprint density at radius 1 is 1.18 bits per heavy atom. The van der Waals surface area contributed by atoms with Crippen LogP contribution in [0.3, 0.4) is 0 Å². The third-order valence-corrected chi connectivity index (χ3v) is 5.19. The zero-order chi connectivity index (χ0) is 19.8. The van der Waals surface area contributed by atoms with E-state index in [1.54, 1.807) is 11.3 Å². The van der Waals surface area contributed by atoms with Crippen LogP contribution >= 0.6 is 11.3 Å². The number of carbonyl (C=O) groups is 1. The minimum Gasteiger partial charge on any atom is -0.494 e. The van der Waals surface area contributed by atoms with Crippen LogP contribution in [0.1, 0.15) is 48.0 Å². The fourth-order valence-electron chi connectivity index (χ4n) is 2.84.